The SMILES string of the molecule is CCCOc1ccc(OCCOC(=O)CCc2c(C)nc3nc(C(F)(F)F)nn3c2C)cc1. The van der Waals surface area contributed by atoms with Crippen molar-refractivity contribution in [1.29, 1.82) is 0 Å². The minimum absolute atomic E-state index is 0.0408. The number of fused-ring (bicyclic) bond motifs is 1. The number of esters is 1. The Labute approximate surface area is 188 Å². The fraction of sp³-hybridized carbons (Fsp3) is 0.455. The molecule has 0 radical (unpaired) electrons. The molecule has 0 bridgehead atoms. The standard InChI is InChI=1S/C22H25F3N4O4/c1-4-11-31-16-5-7-17(8-6-16)32-12-13-33-19(30)10-9-18-14(2)26-21-27-20(22(23,24)25)28-29(21)15(18)3/h5-8H,4,9-13H2,1-3H3. The molecule has 2 heterocycles. The fourth-order valence-electron chi connectivity index (χ4n) is 3.16. The number of aryl methyl sites for hydroxylation is 2. The third-order valence-corrected chi connectivity index (χ3v) is 4.79. The van der Waals surface area contributed by atoms with Gasteiger partial charge in [-0.1, -0.05) is 6.92 Å². The largest absolute Gasteiger partial charge is 0.494 e. The lowest BCUT2D eigenvalue weighted by Gasteiger charge is -2.11. The third-order valence-electron chi connectivity index (χ3n) is 4.79. The number of nitrogens with zero attached hydrogens (tertiary/aromatic N) is 4. The Kier molecular flexibility index (Phi) is 7.72. The van der Waals surface area contributed by atoms with Crippen LogP contribution in [-0.4, -0.2) is 45.4 Å². The highest BCUT2D eigenvalue weighted by atomic mass is 19.4. The third kappa shape index (κ3) is 6.33. The number of ether oxygens (including phenoxy) is 3. The lowest BCUT2D eigenvalue weighted by Crippen LogP contribution is -2.14. The number of hydrogen-bond donors (Lipinski definition) is 0. The molecule has 2 aromatic heterocycles. The first-order valence-corrected chi connectivity index (χ1v) is 10.5. The van der Waals surface area contributed by atoms with E-state index in [0.717, 1.165) is 16.7 Å². The molecule has 0 spiro atoms. The minimum atomic E-state index is -4.66. The molecule has 0 aliphatic rings. The van der Waals surface area contributed by atoms with Gasteiger partial charge in [-0.25, -0.2) is 9.50 Å². The van der Waals surface area contributed by atoms with E-state index in [-0.39, 0.29) is 31.8 Å². The molecule has 0 fully saturated rings. The predicted molar refractivity (Wildman–Crippen MR) is 112 cm³/mol. The van der Waals surface area contributed by atoms with E-state index in [1.165, 1.54) is 0 Å². The van der Waals surface area contributed by atoms with Gasteiger partial charge in [0.15, 0.2) is 0 Å². The summed E-state index contributed by atoms with van der Waals surface area (Å²) in [5.74, 6) is -0.445. The number of rotatable bonds is 10. The number of benzene rings is 1. The normalized spacial score (nSPS) is 11.6. The number of hydrogen-bond acceptors (Lipinski definition) is 7. The first-order chi connectivity index (χ1) is 15.7. The van der Waals surface area contributed by atoms with Crippen molar-refractivity contribution in [3.8, 4) is 11.5 Å². The van der Waals surface area contributed by atoms with Gasteiger partial charge in [-0.3, -0.25) is 4.79 Å². The first-order valence-electron chi connectivity index (χ1n) is 10.5. The summed E-state index contributed by atoms with van der Waals surface area (Å²) in [4.78, 5) is 19.6. The Balaban J connectivity index is 1.48. The van der Waals surface area contributed by atoms with Crippen LogP contribution in [0.4, 0.5) is 13.2 Å². The quantitative estimate of drug-likeness (QED) is 0.328. The summed E-state index contributed by atoms with van der Waals surface area (Å²) in [6.45, 7) is 6.20. The maximum atomic E-state index is 12.9. The zero-order valence-corrected chi connectivity index (χ0v) is 18.6. The monoisotopic (exact) mass is 466 g/mol. The molecule has 8 nitrogen and oxygen atoms in total. The van der Waals surface area contributed by atoms with Crippen molar-refractivity contribution >= 4 is 11.7 Å². The van der Waals surface area contributed by atoms with Gasteiger partial charge >= 0.3 is 12.1 Å². The summed E-state index contributed by atoms with van der Waals surface area (Å²) in [5.41, 5.74) is 1.56. The van der Waals surface area contributed by atoms with Crippen LogP contribution in [0.15, 0.2) is 24.3 Å². The van der Waals surface area contributed by atoms with E-state index in [0.29, 0.717) is 29.3 Å². The molecule has 3 rings (SSSR count). The van der Waals surface area contributed by atoms with Gasteiger partial charge in [-0.2, -0.15) is 18.2 Å². The van der Waals surface area contributed by atoms with Gasteiger partial charge < -0.3 is 14.2 Å². The maximum absolute atomic E-state index is 12.9. The van der Waals surface area contributed by atoms with E-state index < -0.39 is 18.0 Å². The van der Waals surface area contributed by atoms with Crippen LogP contribution in [0.5, 0.6) is 11.5 Å². The summed E-state index contributed by atoms with van der Waals surface area (Å²) in [5, 5.41) is 3.50. The summed E-state index contributed by atoms with van der Waals surface area (Å²) >= 11 is 0. The lowest BCUT2D eigenvalue weighted by molar-refractivity contribution is -0.145. The van der Waals surface area contributed by atoms with Gasteiger partial charge in [-0.05, 0) is 56.5 Å². The average Bonchev–Trinajstić information content (AvgIpc) is 3.21. The van der Waals surface area contributed by atoms with E-state index in [1.54, 1.807) is 38.1 Å². The lowest BCUT2D eigenvalue weighted by atomic mass is 10.1. The molecule has 11 heteroatoms. The number of halogens is 3. The second kappa shape index (κ2) is 10.5. The van der Waals surface area contributed by atoms with Crippen LogP contribution in [0.2, 0.25) is 0 Å². The van der Waals surface area contributed by atoms with Crippen LogP contribution in [0.3, 0.4) is 0 Å². The summed E-state index contributed by atoms with van der Waals surface area (Å²) in [6.07, 6.45) is -3.45. The first kappa shape index (κ1) is 24.3. The zero-order chi connectivity index (χ0) is 24.0. The average molecular weight is 466 g/mol. The van der Waals surface area contributed by atoms with Crippen LogP contribution >= 0.6 is 0 Å². The topological polar surface area (TPSA) is 87.8 Å². The number of carbonyl (C=O) groups excluding carboxylic acids is 1. The minimum Gasteiger partial charge on any atom is -0.494 e. The van der Waals surface area contributed by atoms with Crippen LogP contribution in [0.25, 0.3) is 5.78 Å². The van der Waals surface area contributed by atoms with Gasteiger partial charge in [-0.15, -0.1) is 5.10 Å². The molecule has 0 saturated heterocycles. The van der Waals surface area contributed by atoms with Gasteiger partial charge in [0, 0.05) is 17.8 Å². The van der Waals surface area contributed by atoms with E-state index in [9.17, 15) is 18.0 Å². The maximum Gasteiger partial charge on any atom is 0.453 e. The number of aromatic nitrogens is 4. The molecule has 0 amide bonds. The van der Waals surface area contributed by atoms with Crippen LogP contribution < -0.4 is 9.47 Å². The van der Waals surface area contributed by atoms with Crippen LogP contribution in [0.1, 0.15) is 42.5 Å². The Hall–Kier alpha value is -3.37. The summed E-state index contributed by atoms with van der Waals surface area (Å²) < 4.78 is 55.9. The summed E-state index contributed by atoms with van der Waals surface area (Å²) in [7, 11) is 0. The van der Waals surface area contributed by atoms with Gasteiger partial charge in [0.05, 0.1) is 6.61 Å². The number of alkyl halides is 3. The number of carbonyl (C=O) groups is 1. The van der Waals surface area contributed by atoms with Crippen molar-refractivity contribution in [1.82, 2.24) is 19.6 Å². The van der Waals surface area contributed by atoms with Crippen molar-refractivity contribution in [3.63, 3.8) is 0 Å². The van der Waals surface area contributed by atoms with Crippen molar-refractivity contribution in [2.45, 2.75) is 46.2 Å². The molecule has 0 unspecified atom stereocenters. The molecule has 0 aliphatic heterocycles. The predicted octanol–water partition coefficient (Wildman–Crippen LogP) is 4.10. The molecular formula is C22H25F3N4O4. The smallest absolute Gasteiger partial charge is 0.453 e. The molecule has 33 heavy (non-hydrogen) atoms. The molecule has 0 N–H and O–H groups in total. The molecule has 1 aromatic carbocycles. The Morgan fingerprint density at radius 3 is 2.24 bits per heavy atom. The molecule has 0 aliphatic carbocycles. The molecule has 178 valence electrons. The Morgan fingerprint density at radius 2 is 1.64 bits per heavy atom. The highest BCUT2D eigenvalue weighted by Gasteiger charge is 2.37. The van der Waals surface area contributed by atoms with Crippen LogP contribution in [0, 0.1) is 13.8 Å². The van der Waals surface area contributed by atoms with Crippen molar-refractivity contribution in [2.75, 3.05) is 19.8 Å². The van der Waals surface area contributed by atoms with E-state index in [2.05, 4.69) is 15.1 Å². The van der Waals surface area contributed by atoms with E-state index in [1.807, 2.05) is 6.92 Å². The van der Waals surface area contributed by atoms with Crippen molar-refractivity contribution in [2.24, 2.45) is 0 Å². The highest BCUT2D eigenvalue weighted by molar-refractivity contribution is 5.69. The van der Waals surface area contributed by atoms with Crippen LogP contribution in [-0.2, 0) is 22.1 Å². The molecule has 0 saturated carbocycles. The van der Waals surface area contributed by atoms with E-state index in [4.69, 9.17) is 14.2 Å². The Bertz CT molecular complexity index is 1100. The second-order valence-electron chi connectivity index (χ2n) is 7.29. The zero-order valence-electron chi connectivity index (χ0n) is 18.6. The molecular weight excluding hydrogens is 441 g/mol. The fourth-order valence-corrected chi connectivity index (χ4v) is 3.16. The van der Waals surface area contributed by atoms with Gasteiger partial charge in [0.25, 0.3) is 11.6 Å². The second-order valence-corrected chi connectivity index (χ2v) is 7.29. The van der Waals surface area contributed by atoms with Crippen molar-refractivity contribution in [3.05, 3.63) is 47.0 Å². The van der Waals surface area contributed by atoms with Crippen molar-refractivity contribution < 1.29 is 32.2 Å². The summed E-state index contributed by atoms with van der Waals surface area (Å²) in [6, 6.07) is 7.16. The highest BCUT2D eigenvalue weighted by Crippen LogP contribution is 2.27. The Morgan fingerprint density at radius 1 is 1.00 bits per heavy atom. The molecule has 3 aromatic rings. The van der Waals surface area contributed by atoms with Gasteiger partial charge in [0.2, 0.25) is 0 Å². The van der Waals surface area contributed by atoms with Gasteiger partial charge in [0.1, 0.15) is 24.7 Å². The molecule has 0 atom stereocenters. The van der Waals surface area contributed by atoms with E-state index >= 15 is 0 Å².